The lowest BCUT2D eigenvalue weighted by Gasteiger charge is -2.35. The fourth-order valence-electron chi connectivity index (χ4n) is 3.66. The van der Waals surface area contributed by atoms with Crippen LogP contribution in [-0.2, 0) is 11.3 Å². The Morgan fingerprint density at radius 2 is 2.16 bits per heavy atom. The smallest absolute Gasteiger partial charge is 0.231 e. The third-order valence-electron chi connectivity index (χ3n) is 5.35. The van der Waals surface area contributed by atoms with Gasteiger partial charge in [-0.1, -0.05) is 12.1 Å². The van der Waals surface area contributed by atoms with Gasteiger partial charge in [0.05, 0.1) is 24.3 Å². The van der Waals surface area contributed by atoms with Crippen LogP contribution >= 0.6 is 0 Å². The average molecular weight is 427 g/mol. The highest BCUT2D eigenvalue weighted by molar-refractivity contribution is 5.75. The van der Waals surface area contributed by atoms with Crippen LogP contribution in [0.4, 0.5) is 16.0 Å². The number of carbonyl (C=O) groups excluding carboxylic acids is 1. The number of aliphatic hydroxyl groups is 1. The SMILES string of the molecule is CN(Cc1ccc(C#N)cc1)c1ncnc(NCC2CCN(CC(N)=O)CC2O)c1F. The summed E-state index contributed by atoms with van der Waals surface area (Å²) in [6.45, 7) is 1.86. The zero-order valence-electron chi connectivity index (χ0n) is 17.3. The molecule has 10 heteroatoms. The van der Waals surface area contributed by atoms with E-state index >= 15 is 4.39 Å². The van der Waals surface area contributed by atoms with Crippen LogP contribution < -0.4 is 16.0 Å². The first-order valence-electron chi connectivity index (χ1n) is 10.0. The first-order chi connectivity index (χ1) is 14.9. The van der Waals surface area contributed by atoms with E-state index in [1.807, 2.05) is 17.0 Å². The van der Waals surface area contributed by atoms with Crippen molar-refractivity contribution >= 4 is 17.5 Å². The fourth-order valence-corrected chi connectivity index (χ4v) is 3.66. The van der Waals surface area contributed by atoms with E-state index in [4.69, 9.17) is 11.0 Å². The summed E-state index contributed by atoms with van der Waals surface area (Å²) in [7, 11) is 1.73. The van der Waals surface area contributed by atoms with Crippen molar-refractivity contribution in [3.63, 3.8) is 0 Å². The lowest BCUT2D eigenvalue weighted by Crippen LogP contribution is -2.48. The van der Waals surface area contributed by atoms with E-state index in [2.05, 4.69) is 21.4 Å². The Labute approximate surface area is 180 Å². The molecule has 4 N–H and O–H groups in total. The zero-order chi connectivity index (χ0) is 22.4. The summed E-state index contributed by atoms with van der Waals surface area (Å²) in [6.07, 6.45) is 1.30. The number of hydrogen-bond donors (Lipinski definition) is 3. The Bertz CT molecular complexity index is 948. The first-order valence-corrected chi connectivity index (χ1v) is 10.0. The van der Waals surface area contributed by atoms with Gasteiger partial charge in [-0.15, -0.1) is 0 Å². The molecule has 2 heterocycles. The third-order valence-corrected chi connectivity index (χ3v) is 5.35. The van der Waals surface area contributed by atoms with Gasteiger partial charge in [0.15, 0.2) is 11.6 Å². The topological polar surface area (TPSA) is 131 Å². The number of amides is 1. The largest absolute Gasteiger partial charge is 0.391 e. The summed E-state index contributed by atoms with van der Waals surface area (Å²) < 4.78 is 15.0. The summed E-state index contributed by atoms with van der Waals surface area (Å²) in [5.41, 5.74) is 6.69. The predicted molar refractivity (Wildman–Crippen MR) is 113 cm³/mol. The van der Waals surface area contributed by atoms with Gasteiger partial charge >= 0.3 is 0 Å². The average Bonchev–Trinajstić information content (AvgIpc) is 2.74. The quantitative estimate of drug-likeness (QED) is 0.561. The van der Waals surface area contributed by atoms with Crippen LogP contribution in [0.2, 0.25) is 0 Å². The Kier molecular flexibility index (Phi) is 7.33. The molecular formula is C21H26FN7O2. The van der Waals surface area contributed by atoms with Gasteiger partial charge in [0.1, 0.15) is 6.33 Å². The number of nitrogens with zero attached hydrogens (tertiary/aromatic N) is 5. The Hall–Kier alpha value is -3.29. The molecule has 164 valence electrons. The number of nitrogens with one attached hydrogen (secondary N) is 1. The Morgan fingerprint density at radius 1 is 1.42 bits per heavy atom. The molecule has 0 radical (unpaired) electrons. The molecule has 1 aromatic carbocycles. The normalized spacial score (nSPS) is 18.9. The standard InChI is InChI=1S/C21H26FN7O2/c1-28(10-15-4-2-14(8-23)3-5-15)21-19(22)20(26-13-27-21)25-9-16-6-7-29(11-17(16)30)12-18(24)31/h2-5,13,16-17,30H,6-7,9-12H2,1H3,(H2,24,31)(H,25,26,27). The number of carbonyl (C=O) groups is 1. The van der Waals surface area contributed by atoms with Crippen molar-refractivity contribution in [2.24, 2.45) is 11.7 Å². The number of aromatic nitrogens is 2. The summed E-state index contributed by atoms with van der Waals surface area (Å²) in [4.78, 5) is 22.6. The van der Waals surface area contributed by atoms with Gasteiger partial charge < -0.3 is 21.1 Å². The maximum Gasteiger partial charge on any atom is 0.231 e. The number of benzene rings is 1. The molecule has 1 aliphatic rings. The fraction of sp³-hybridized carbons (Fsp3) is 0.429. The molecule has 2 atom stereocenters. The maximum atomic E-state index is 15.0. The second-order valence-electron chi connectivity index (χ2n) is 7.72. The number of primary amides is 1. The van der Waals surface area contributed by atoms with Gasteiger partial charge in [0, 0.05) is 32.6 Å². The Morgan fingerprint density at radius 3 is 2.81 bits per heavy atom. The van der Waals surface area contributed by atoms with Gasteiger partial charge in [-0.05, 0) is 30.7 Å². The van der Waals surface area contributed by atoms with Gasteiger partial charge in [0.2, 0.25) is 11.7 Å². The van der Waals surface area contributed by atoms with Crippen molar-refractivity contribution in [3.8, 4) is 6.07 Å². The number of nitrogens with two attached hydrogens (primary N) is 1. The molecule has 2 unspecified atom stereocenters. The first kappa shape index (κ1) is 22.4. The van der Waals surface area contributed by atoms with E-state index in [-0.39, 0.29) is 24.1 Å². The molecule has 9 nitrogen and oxygen atoms in total. The molecule has 1 saturated heterocycles. The van der Waals surface area contributed by atoms with Gasteiger partial charge in [-0.2, -0.15) is 9.65 Å². The van der Waals surface area contributed by atoms with Crippen molar-refractivity contribution in [2.75, 3.05) is 43.4 Å². The number of rotatable bonds is 8. The van der Waals surface area contributed by atoms with Gasteiger partial charge in [-0.25, -0.2) is 9.97 Å². The van der Waals surface area contributed by atoms with Crippen LogP contribution in [0.3, 0.4) is 0 Å². The van der Waals surface area contributed by atoms with Crippen LogP contribution in [0.25, 0.3) is 0 Å². The molecule has 2 aromatic rings. The minimum Gasteiger partial charge on any atom is -0.391 e. The van der Waals surface area contributed by atoms with Crippen molar-refractivity contribution in [3.05, 3.63) is 47.5 Å². The van der Waals surface area contributed by atoms with Crippen LogP contribution in [0, 0.1) is 23.1 Å². The molecule has 31 heavy (non-hydrogen) atoms. The number of anilines is 2. The second kappa shape index (κ2) is 10.1. The molecule has 0 saturated carbocycles. The van der Waals surface area contributed by atoms with Crippen LogP contribution in [-0.4, -0.2) is 65.2 Å². The molecule has 1 aliphatic heterocycles. The number of aliphatic hydroxyl groups excluding tert-OH is 1. The van der Waals surface area contributed by atoms with E-state index in [1.54, 1.807) is 24.1 Å². The van der Waals surface area contributed by atoms with Crippen LogP contribution in [0.15, 0.2) is 30.6 Å². The van der Waals surface area contributed by atoms with E-state index in [9.17, 15) is 9.90 Å². The monoisotopic (exact) mass is 427 g/mol. The zero-order valence-corrected chi connectivity index (χ0v) is 17.3. The minimum absolute atomic E-state index is 0.0726. The van der Waals surface area contributed by atoms with E-state index in [0.717, 1.165) is 5.56 Å². The number of likely N-dealkylation sites (tertiary alicyclic amines) is 1. The van der Waals surface area contributed by atoms with Crippen LogP contribution in [0.5, 0.6) is 0 Å². The minimum atomic E-state index is -0.649. The highest BCUT2D eigenvalue weighted by Crippen LogP contribution is 2.24. The maximum absolute atomic E-state index is 15.0. The highest BCUT2D eigenvalue weighted by atomic mass is 19.1. The van der Waals surface area contributed by atoms with E-state index in [1.165, 1.54) is 6.33 Å². The molecule has 1 fully saturated rings. The molecular weight excluding hydrogens is 401 g/mol. The second-order valence-corrected chi connectivity index (χ2v) is 7.72. The Balaban J connectivity index is 1.60. The number of nitriles is 1. The van der Waals surface area contributed by atoms with E-state index in [0.29, 0.717) is 38.2 Å². The van der Waals surface area contributed by atoms with Crippen molar-refractivity contribution < 1.29 is 14.3 Å². The number of piperidine rings is 1. The molecule has 0 aliphatic carbocycles. The molecule has 0 bridgehead atoms. The predicted octanol–water partition coefficient (Wildman–Crippen LogP) is 0.704. The summed E-state index contributed by atoms with van der Waals surface area (Å²) in [6, 6.07) is 9.13. The lowest BCUT2D eigenvalue weighted by atomic mass is 9.94. The molecule has 1 aromatic heterocycles. The van der Waals surface area contributed by atoms with Crippen molar-refractivity contribution in [1.82, 2.24) is 14.9 Å². The summed E-state index contributed by atoms with van der Waals surface area (Å²) in [5.74, 6) is -0.871. The van der Waals surface area contributed by atoms with E-state index < -0.39 is 17.8 Å². The summed E-state index contributed by atoms with van der Waals surface area (Å²) in [5, 5.41) is 22.2. The van der Waals surface area contributed by atoms with Gasteiger partial charge in [-0.3, -0.25) is 9.69 Å². The third kappa shape index (κ3) is 5.87. The van der Waals surface area contributed by atoms with Crippen molar-refractivity contribution in [2.45, 2.75) is 19.1 Å². The van der Waals surface area contributed by atoms with Gasteiger partial charge in [0.25, 0.3) is 0 Å². The lowest BCUT2D eigenvalue weighted by molar-refractivity contribution is -0.120. The molecule has 0 spiro atoms. The number of halogens is 1. The number of β-amino-alcohol motifs (C(OH)–C–C–N with tert-alkyl or cyclic N) is 1. The van der Waals surface area contributed by atoms with Crippen LogP contribution in [0.1, 0.15) is 17.5 Å². The highest BCUT2D eigenvalue weighted by Gasteiger charge is 2.28. The number of hydrogen-bond acceptors (Lipinski definition) is 8. The molecule has 3 rings (SSSR count). The molecule has 1 amide bonds. The summed E-state index contributed by atoms with van der Waals surface area (Å²) >= 11 is 0. The van der Waals surface area contributed by atoms with Crippen molar-refractivity contribution in [1.29, 1.82) is 5.26 Å².